The van der Waals surface area contributed by atoms with Gasteiger partial charge >= 0.3 is 57.4 Å². The predicted molar refractivity (Wildman–Crippen MR) is 26.1 cm³/mol. The number of aliphatic carboxylic acids is 1. The molecule has 0 rings (SSSR count). The maximum absolute atomic E-state index is 9.37. The van der Waals surface area contributed by atoms with Gasteiger partial charge in [-0.3, -0.25) is 4.79 Å². The van der Waals surface area contributed by atoms with Gasteiger partial charge in [0.05, 0.1) is 0 Å². The van der Waals surface area contributed by atoms with Gasteiger partial charge in [0.25, 0.3) is 0 Å². The van der Waals surface area contributed by atoms with Crippen LogP contribution in [0.2, 0.25) is 0 Å². The van der Waals surface area contributed by atoms with E-state index < -0.39 is 5.97 Å². The standard InChI is InChI=1S/C3H6O2.CH3O2.K/c1-2-3(4)5;2-1-3;/h2H2,1H3,(H,4,5);1-3H;/q;-1;+1. The monoisotopic (exact) mass is 160 g/mol. The van der Waals surface area contributed by atoms with E-state index in [-0.39, 0.29) is 64.6 Å². The molecule has 0 radical (unpaired) electrons. The van der Waals surface area contributed by atoms with E-state index in [1.807, 2.05) is 0 Å². The molecule has 0 saturated carbocycles. The van der Waals surface area contributed by atoms with Crippen LogP contribution in [0.4, 0.5) is 0 Å². The first-order chi connectivity index (χ1) is 3.68. The number of rotatable bonds is 1. The van der Waals surface area contributed by atoms with Crippen LogP contribution in [0.3, 0.4) is 0 Å². The van der Waals surface area contributed by atoms with Crippen molar-refractivity contribution >= 4 is 5.97 Å². The Morgan fingerprint density at radius 2 is 1.67 bits per heavy atom. The minimum absolute atomic E-state index is 0. The van der Waals surface area contributed by atoms with Crippen molar-refractivity contribution in [2.24, 2.45) is 0 Å². The quantitative estimate of drug-likeness (QED) is 0.289. The Bertz CT molecular complexity index is 56.5. The first kappa shape index (κ1) is 16.5. The van der Waals surface area contributed by atoms with Gasteiger partial charge in [-0.05, 0) is 0 Å². The minimum Gasteiger partial charge on any atom is -0.539 e. The van der Waals surface area contributed by atoms with Crippen molar-refractivity contribution in [2.75, 3.05) is 0 Å². The molecule has 0 amide bonds. The molecule has 0 atom stereocenters. The van der Waals surface area contributed by atoms with Crippen molar-refractivity contribution in [1.29, 1.82) is 0 Å². The van der Waals surface area contributed by atoms with E-state index in [9.17, 15) is 4.79 Å². The van der Waals surface area contributed by atoms with Crippen LogP contribution in [0, 0.1) is 6.79 Å². The van der Waals surface area contributed by atoms with Crippen molar-refractivity contribution < 1.29 is 71.5 Å². The van der Waals surface area contributed by atoms with Gasteiger partial charge in [-0.25, -0.2) is 0 Å². The van der Waals surface area contributed by atoms with E-state index in [1.54, 1.807) is 6.92 Å². The summed E-state index contributed by atoms with van der Waals surface area (Å²) in [6.07, 6.45) is 0.222. The number of carbonyl (C=O) groups is 1. The molecule has 3 N–H and O–H groups in total. The molecular formula is C4H9KO4. The summed E-state index contributed by atoms with van der Waals surface area (Å²) in [6, 6.07) is 0. The fourth-order valence-corrected chi connectivity index (χ4v) is 0. The number of aliphatic hydroxyl groups is 2. The zero-order valence-corrected chi connectivity index (χ0v) is 8.66. The maximum Gasteiger partial charge on any atom is 1.00 e. The number of hydrogen-bond donors (Lipinski definition) is 3. The molecule has 0 aliphatic rings. The van der Waals surface area contributed by atoms with Gasteiger partial charge < -0.3 is 15.3 Å². The van der Waals surface area contributed by atoms with Gasteiger partial charge in [0, 0.05) is 6.42 Å². The Labute approximate surface area is 96.3 Å². The summed E-state index contributed by atoms with van der Waals surface area (Å²) in [5.41, 5.74) is 0. The maximum atomic E-state index is 9.37. The molecule has 0 fully saturated rings. The molecule has 0 aromatic heterocycles. The second kappa shape index (κ2) is 16.0. The normalized spacial score (nSPS) is 6.11. The predicted octanol–water partition coefficient (Wildman–Crippen LogP) is -2.66. The topological polar surface area (TPSA) is 77.8 Å². The van der Waals surface area contributed by atoms with Gasteiger partial charge in [-0.15, -0.1) is 6.79 Å². The Hall–Kier alpha value is 1.03. The van der Waals surface area contributed by atoms with Crippen molar-refractivity contribution in [1.82, 2.24) is 0 Å². The Morgan fingerprint density at radius 3 is 1.67 bits per heavy atom. The molecule has 0 aromatic rings. The molecule has 0 saturated heterocycles. The Balaban J connectivity index is -0.0000000800. The molecule has 0 heterocycles. The molecule has 50 valence electrons. The summed E-state index contributed by atoms with van der Waals surface area (Å²) in [4.78, 5) is 9.37. The first-order valence-corrected chi connectivity index (χ1v) is 2.00. The molecule has 0 aliphatic heterocycles. The summed E-state index contributed by atoms with van der Waals surface area (Å²) < 4.78 is 0. The third-order valence-corrected chi connectivity index (χ3v) is 0.302. The fraction of sp³-hybridized carbons (Fsp3) is 0.500. The van der Waals surface area contributed by atoms with E-state index in [4.69, 9.17) is 15.3 Å². The van der Waals surface area contributed by atoms with Crippen LogP contribution in [0.1, 0.15) is 13.3 Å². The number of carboxylic acid groups (broad SMARTS) is 1. The third kappa shape index (κ3) is 48.7. The zero-order valence-electron chi connectivity index (χ0n) is 5.53. The van der Waals surface area contributed by atoms with Gasteiger partial charge in [-0.1, -0.05) is 6.92 Å². The van der Waals surface area contributed by atoms with Gasteiger partial charge in [0.2, 0.25) is 0 Å². The number of aliphatic hydroxyl groups excluding tert-OH is 1. The second-order valence-corrected chi connectivity index (χ2v) is 0.863. The average Bonchev–Trinajstić information content (AvgIpc) is 1.69. The van der Waals surface area contributed by atoms with Crippen molar-refractivity contribution in [3.8, 4) is 0 Å². The second-order valence-electron chi connectivity index (χ2n) is 0.863. The van der Waals surface area contributed by atoms with Crippen LogP contribution in [0.15, 0.2) is 0 Å². The molecule has 9 heavy (non-hydrogen) atoms. The number of carboxylic acids is 1. The van der Waals surface area contributed by atoms with Crippen LogP contribution in [-0.2, 0) is 4.79 Å². The zero-order chi connectivity index (χ0) is 6.99. The largest absolute Gasteiger partial charge is 1.00 e. The minimum atomic E-state index is -0.745. The summed E-state index contributed by atoms with van der Waals surface area (Å²) >= 11 is 0. The smallest absolute Gasteiger partial charge is 0.539 e. The van der Waals surface area contributed by atoms with E-state index in [1.165, 1.54) is 0 Å². The average molecular weight is 160 g/mol. The Kier molecular flexibility index (Phi) is 29.4. The van der Waals surface area contributed by atoms with Crippen LogP contribution in [-0.4, -0.2) is 21.3 Å². The summed E-state index contributed by atoms with van der Waals surface area (Å²) in [5.74, 6) is -0.745. The summed E-state index contributed by atoms with van der Waals surface area (Å²) in [5, 5.41) is 21.7. The van der Waals surface area contributed by atoms with Crippen LogP contribution in [0.25, 0.3) is 0 Å². The molecular weight excluding hydrogens is 151 g/mol. The SMILES string of the molecule is CCC(=O)O.O[CH-]O.[K+]. The molecule has 0 aromatic carbocycles. The van der Waals surface area contributed by atoms with E-state index in [0.29, 0.717) is 0 Å². The molecule has 4 nitrogen and oxygen atoms in total. The van der Waals surface area contributed by atoms with Gasteiger partial charge in [-0.2, -0.15) is 0 Å². The molecule has 0 aliphatic carbocycles. The summed E-state index contributed by atoms with van der Waals surface area (Å²) in [7, 11) is 0. The van der Waals surface area contributed by atoms with Crippen LogP contribution in [0.5, 0.6) is 0 Å². The van der Waals surface area contributed by atoms with Gasteiger partial charge in [0.1, 0.15) is 0 Å². The van der Waals surface area contributed by atoms with E-state index >= 15 is 0 Å². The molecule has 0 bridgehead atoms. The molecule has 5 heteroatoms. The molecule has 0 spiro atoms. The fourth-order valence-electron chi connectivity index (χ4n) is 0. The van der Waals surface area contributed by atoms with Crippen molar-refractivity contribution in [2.45, 2.75) is 13.3 Å². The van der Waals surface area contributed by atoms with Crippen molar-refractivity contribution in [3.05, 3.63) is 6.79 Å². The Morgan fingerprint density at radius 1 is 1.56 bits per heavy atom. The third-order valence-electron chi connectivity index (χ3n) is 0.302. The van der Waals surface area contributed by atoms with Crippen LogP contribution < -0.4 is 51.4 Å². The van der Waals surface area contributed by atoms with Crippen LogP contribution >= 0.6 is 0 Å². The molecule has 0 unspecified atom stereocenters. The summed E-state index contributed by atoms with van der Waals surface area (Å²) in [6.45, 7) is 1.60. The van der Waals surface area contributed by atoms with E-state index in [0.717, 1.165) is 0 Å². The van der Waals surface area contributed by atoms with Crippen molar-refractivity contribution in [3.63, 3.8) is 0 Å². The number of hydrogen-bond acceptors (Lipinski definition) is 3. The van der Waals surface area contributed by atoms with E-state index in [2.05, 4.69) is 0 Å². The first-order valence-electron chi connectivity index (χ1n) is 2.00. The van der Waals surface area contributed by atoms with Gasteiger partial charge in [0.15, 0.2) is 0 Å².